The van der Waals surface area contributed by atoms with Gasteiger partial charge in [-0.1, -0.05) is 18.2 Å². The molecule has 2 rings (SSSR count). The maximum atomic E-state index is 14.6. The Kier molecular flexibility index (Phi) is 9.37. The van der Waals surface area contributed by atoms with Crippen LogP contribution in [0, 0.1) is 22.5 Å². The Hall–Kier alpha value is -3.92. The number of nitrogens with one attached hydrogen (secondary N) is 4. The van der Waals surface area contributed by atoms with Gasteiger partial charge in [0.1, 0.15) is 17.8 Å². The van der Waals surface area contributed by atoms with Crippen molar-refractivity contribution in [3.63, 3.8) is 0 Å². The average molecular weight is 459 g/mol. The van der Waals surface area contributed by atoms with Crippen molar-refractivity contribution in [1.29, 1.82) is 10.8 Å². The van der Waals surface area contributed by atoms with Gasteiger partial charge in [-0.05, 0) is 48.2 Å². The maximum absolute atomic E-state index is 14.6. The molecule has 0 radical (unpaired) electrons. The Morgan fingerprint density at radius 1 is 1.18 bits per heavy atom. The Labute approximate surface area is 188 Å². The van der Waals surface area contributed by atoms with Gasteiger partial charge in [0, 0.05) is 24.0 Å². The molecule has 2 aromatic carbocycles. The lowest BCUT2D eigenvalue weighted by atomic mass is 9.99. The molecule has 2 aromatic rings. The molecule has 7 N–H and O–H groups in total. The first kappa shape index (κ1) is 25.3. The van der Waals surface area contributed by atoms with E-state index in [4.69, 9.17) is 21.7 Å². The van der Waals surface area contributed by atoms with Crippen LogP contribution in [0.4, 0.5) is 13.2 Å². The van der Waals surface area contributed by atoms with E-state index in [1.165, 1.54) is 48.7 Å². The number of benzene rings is 2. The molecule has 0 unspecified atom stereocenters. The monoisotopic (exact) mass is 459 g/mol. The number of allylic oxidation sites excluding steroid dienone is 2. The first-order chi connectivity index (χ1) is 15.8. The third kappa shape index (κ3) is 7.04. The first-order valence-corrected chi connectivity index (χ1v) is 9.83. The number of hydrogen-bond donors (Lipinski definition) is 6. The summed E-state index contributed by atoms with van der Waals surface area (Å²) >= 11 is 0. The van der Waals surface area contributed by atoms with Gasteiger partial charge >= 0.3 is 0 Å². The number of amides is 1. The molecule has 0 aliphatic carbocycles. The minimum atomic E-state index is -1.82. The van der Waals surface area contributed by atoms with Crippen LogP contribution in [-0.2, 0) is 0 Å². The molecule has 0 aromatic heterocycles. The minimum Gasteiger partial charge on any atom is -0.398 e. The van der Waals surface area contributed by atoms with E-state index >= 15 is 0 Å². The molecule has 0 aliphatic heterocycles. The molecule has 0 heterocycles. The molecule has 2 atom stereocenters. The SMILES string of the molecule is N=C/C=C\NC[C@@H](NC(=O)c1cccc(F)c1C(=N)/C=C(\N)c1ccc(F)cc1)[C@H](F)CO. The Balaban J connectivity index is 2.31. The molecular weight excluding hydrogens is 435 g/mol. The van der Waals surface area contributed by atoms with Gasteiger partial charge in [-0.25, -0.2) is 13.2 Å². The number of halogens is 3. The van der Waals surface area contributed by atoms with Gasteiger partial charge < -0.3 is 32.3 Å². The maximum Gasteiger partial charge on any atom is 0.252 e. The lowest BCUT2D eigenvalue weighted by Crippen LogP contribution is -2.48. The van der Waals surface area contributed by atoms with Crippen LogP contribution in [0.3, 0.4) is 0 Å². The van der Waals surface area contributed by atoms with Gasteiger partial charge in [-0.3, -0.25) is 4.79 Å². The van der Waals surface area contributed by atoms with Crippen LogP contribution in [0.15, 0.2) is 60.8 Å². The number of rotatable bonds is 11. The third-order valence-electron chi connectivity index (χ3n) is 4.58. The first-order valence-electron chi connectivity index (χ1n) is 9.83. The number of aliphatic hydroxyl groups is 1. The molecule has 0 aliphatic rings. The van der Waals surface area contributed by atoms with E-state index in [-0.39, 0.29) is 23.4 Å². The zero-order valence-corrected chi connectivity index (χ0v) is 17.5. The largest absolute Gasteiger partial charge is 0.398 e. The molecule has 0 spiro atoms. The van der Waals surface area contributed by atoms with E-state index < -0.39 is 42.1 Å². The van der Waals surface area contributed by atoms with Crippen LogP contribution in [0.5, 0.6) is 0 Å². The standard InChI is InChI=1S/C23H24F3N5O2/c24-15-7-5-14(6-8-15)19(28)11-20(29)22-16(3-1-4-17(22)25)23(33)31-21(18(26)13-32)12-30-10-2-9-27/h1-11,18,21,27,29-30,32H,12-13,28H2,(H,31,33)/b10-2-,19-11-,27-9?,29-20?/t18-,21-/m1/s1. The number of nitrogens with two attached hydrogens (primary N) is 1. The lowest BCUT2D eigenvalue weighted by Gasteiger charge is -2.22. The van der Waals surface area contributed by atoms with Crippen molar-refractivity contribution >= 4 is 23.5 Å². The summed E-state index contributed by atoms with van der Waals surface area (Å²) in [5.74, 6) is -2.19. The Morgan fingerprint density at radius 2 is 1.88 bits per heavy atom. The molecule has 0 fully saturated rings. The van der Waals surface area contributed by atoms with Crippen molar-refractivity contribution < 1.29 is 23.1 Å². The minimum absolute atomic E-state index is 0.0544. The fourth-order valence-corrected chi connectivity index (χ4v) is 2.89. The highest BCUT2D eigenvalue weighted by Crippen LogP contribution is 2.18. The third-order valence-corrected chi connectivity index (χ3v) is 4.58. The highest BCUT2D eigenvalue weighted by molar-refractivity contribution is 6.16. The summed E-state index contributed by atoms with van der Waals surface area (Å²) in [6, 6.07) is 7.58. The van der Waals surface area contributed by atoms with Crippen molar-refractivity contribution in [2.24, 2.45) is 5.73 Å². The summed E-state index contributed by atoms with van der Waals surface area (Å²) in [4.78, 5) is 12.8. The predicted octanol–water partition coefficient (Wildman–Crippen LogP) is 2.51. The van der Waals surface area contributed by atoms with E-state index in [1.54, 1.807) is 0 Å². The summed E-state index contributed by atoms with van der Waals surface area (Å²) in [6.07, 6.45) is 3.02. The average Bonchev–Trinajstić information content (AvgIpc) is 2.80. The van der Waals surface area contributed by atoms with Gasteiger partial charge in [0.25, 0.3) is 5.91 Å². The molecule has 0 bridgehead atoms. The predicted molar refractivity (Wildman–Crippen MR) is 121 cm³/mol. The number of carbonyl (C=O) groups is 1. The number of hydrogen-bond acceptors (Lipinski definition) is 6. The zero-order chi connectivity index (χ0) is 24.4. The normalized spacial score (nSPS) is 13.4. The smallest absolute Gasteiger partial charge is 0.252 e. The zero-order valence-electron chi connectivity index (χ0n) is 17.5. The van der Waals surface area contributed by atoms with Crippen LogP contribution in [0.1, 0.15) is 21.5 Å². The van der Waals surface area contributed by atoms with E-state index in [2.05, 4.69) is 10.6 Å². The highest BCUT2D eigenvalue weighted by Gasteiger charge is 2.25. The summed E-state index contributed by atoms with van der Waals surface area (Å²) in [5.41, 5.74) is 5.40. The summed E-state index contributed by atoms with van der Waals surface area (Å²) in [6.45, 7) is -0.971. The van der Waals surface area contributed by atoms with Crippen LogP contribution in [0.25, 0.3) is 5.70 Å². The van der Waals surface area contributed by atoms with E-state index in [0.717, 1.165) is 18.4 Å². The highest BCUT2D eigenvalue weighted by atomic mass is 19.1. The molecule has 1 amide bonds. The van der Waals surface area contributed by atoms with Gasteiger partial charge in [0.05, 0.1) is 23.9 Å². The fraction of sp³-hybridized carbons (Fsp3) is 0.174. The van der Waals surface area contributed by atoms with Gasteiger partial charge in [-0.15, -0.1) is 0 Å². The van der Waals surface area contributed by atoms with Crippen LogP contribution >= 0.6 is 0 Å². The molecule has 174 valence electrons. The van der Waals surface area contributed by atoms with Crippen LogP contribution < -0.4 is 16.4 Å². The van der Waals surface area contributed by atoms with Crippen molar-refractivity contribution in [3.05, 3.63) is 89.1 Å². The molecule has 10 heteroatoms. The lowest BCUT2D eigenvalue weighted by molar-refractivity contribution is 0.0870. The molecule has 33 heavy (non-hydrogen) atoms. The van der Waals surface area contributed by atoms with Crippen molar-refractivity contribution in [2.45, 2.75) is 12.2 Å². The van der Waals surface area contributed by atoms with Gasteiger partial charge in [0.15, 0.2) is 0 Å². The van der Waals surface area contributed by atoms with Crippen molar-refractivity contribution in [1.82, 2.24) is 10.6 Å². The topological polar surface area (TPSA) is 135 Å². The van der Waals surface area contributed by atoms with Gasteiger partial charge in [-0.2, -0.15) is 0 Å². The second-order valence-electron chi connectivity index (χ2n) is 6.90. The summed E-state index contributed by atoms with van der Waals surface area (Å²) in [7, 11) is 0. The molecule has 0 saturated heterocycles. The molecule has 7 nitrogen and oxygen atoms in total. The second-order valence-corrected chi connectivity index (χ2v) is 6.90. The van der Waals surface area contributed by atoms with Crippen LogP contribution in [-0.4, -0.2) is 48.3 Å². The van der Waals surface area contributed by atoms with E-state index in [1.807, 2.05) is 0 Å². The fourth-order valence-electron chi connectivity index (χ4n) is 2.89. The van der Waals surface area contributed by atoms with Crippen LogP contribution in [0.2, 0.25) is 0 Å². The quantitative estimate of drug-likeness (QED) is 0.288. The van der Waals surface area contributed by atoms with Gasteiger partial charge in [0.2, 0.25) is 0 Å². The summed E-state index contributed by atoms with van der Waals surface area (Å²) < 4.78 is 41.9. The number of alkyl halides is 1. The molecule has 0 saturated carbocycles. The Morgan fingerprint density at radius 3 is 2.52 bits per heavy atom. The second kappa shape index (κ2) is 12.2. The van der Waals surface area contributed by atoms with Crippen molar-refractivity contribution in [3.8, 4) is 0 Å². The number of carbonyl (C=O) groups excluding carboxylic acids is 1. The molecular formula is C23H24F3N5O2. The Bertz CT molecular complexity index is 1050. The van der Waals surface area contributed by atoms with E-state index in [9.17, 15) is 18.0 Å². The van der Waals surface area contributed by atoms with Crippen molar-refractivity contribution in [2.75, 3.05) is 13.2 Å². The van der Waals surface area contributed by atoms with E-state index in [0.29, 0.717) is 5.56 Å². The number of aliphatic hydroxyl groups excluding tert-OH is 1. The summed E-state index contributed by atoms with van der Waals surface area (Å²) in [5, 5.41) is 29.4.